The minimum atomic E-state index is -3.87. The van der Waals surface area contributed by atoms with Gasteiger partial charge in [0, 0.05) is 29.2 Å². The number of carbonyl (C=O) groups is 2. The highest BCUT2D eigenvalue weighted by Crippen LogP contribution is 2.27. The molecule has 30 heavy (non-hydrogen) atoms. The Morgan fingerprint density at radius 2 is 1.80 bits per heavy atom. The number of nitrogens with zero attached hydrogens (tertiary/aromatic N) is 1. The van der Waals surface area contributed by atoms with Crippen LogP contribution in [0.15, 0.2) is 51.8 Å². The van der Waals surface area contributed by atoms with E-state index in [9.17, 15) is 18.0 Å². The van der Waals surface area contributed by atoms with Crippen molar-refractivity contribution in [2.45, 2.75) is 24.7 Å². The van der Waals surface area contributed by atoms with Crippen molar-refractivity contribution < 1.29 is 22.7 Å². The van der Waals surface area contributed by atoms with Gasteiger partial charge in [-0.25, -0.2) is 13.2 Å². The summed E-state index contributed by atoms with van der Waals surface area (Å²) in [5, 5.41) is 2.91. The van der Waals surface area contributed by atoms with Crippen molar-refractivity contribution in [1.82, 2.24) is 4.31 Å². The molecule has 2 aromatic carbocycles. The van der Waals surface area contributed by atoms with Crippen LogP contribution in [0.3, 0.4) is 0 Å². The minimum Gasteiger partial charge on any atom is -0.465 e. The first kappa shape index (κ1) is 22.5. The summed E-state index contributed by atoms with van der Waals surface area (Å²) in [4.78, 5) is 24.5. The van der Waals surface area contributed by atoms with Crippen molar-refractivity contribution in [1.29, 1.82) is 0 Å². The normalized spacial score (nSPS) is 15.6. The summed E-state index contributed by atoms with van der Waals surface area (Å²) in [5.41, 5.74) is 1.73. The molecule has 1 saturated heterocycles. The third-order valence-electron chi connectivity index (χ3n) is 5.16. The van der Waals surface area contributed by atoms with Crippen molar-refractivity contribution >= 4 is 43.5 Å². The van der Waals surface area contributed by atoms with Gasteiger partial charge >= 0.3 is 5.97 Å². The van der Waals surface area contributed by atoms with Crippen LogP contribution < -0.4 is 5.32 Å². The van der Waals surface area contributed by atoms with Gasteiger partial charge in [-0.15, -0.1) is 0 Å². The lowest BCUT2D eigenvalue weighted by atomic mass is 9.97. The summed E-state index contributed by atoms with van der Waals surface area (Å²) >= 11 is 3.43. The lowest BCUT2D eigenvalue weighted by molar-refractivity contribution is -0.120. The number of piperidine rings is 1. The summed E-state index contributed by atoms with van der Waals surface area (Å²) in [5.74, 6) is -1.10. The number of amides is 1. The number of aryl methyl sites for hydroxylation is 1. The van der Waals surface area contributed by atoms with Crippen molar-refractivity contribution in [3.63, 3.8) is 0 Å². The van der Waals surface area contributed by atoms with Crippen molar-refractivity contribution in [2.75, 3.05) is 25.5 Å². The third-order valence-corrected chi connectivity index (χ3v) is 8.01. The Bertz CT molecular complexity index is 1060. The smallest absolute Gasteiger partial charge is 0.339 e. The van der Waals surface area contributed by atoms with Crippen molar-refractivity contribution in [3.05, 3.63) is 58.1 Å². The first-order valence-corrected chi connectivity index (χ1v) is 11.7. The van der Waals surface area contributed by atoms with E-state index in [-0.39, 0.29) is 35.4 Å². The van der Waals surface area contributed by atoms with Gasteiger partial charge in [-0.2, -0.15) is 4.31 Å². The second-order valence-electron chi connectivity index (χ2n) is 7.12. The fourth-order valence-corrected chi connectivity index (χ4v) is 5.33. The van der Waals surface area contributed by atoms with Gasteiger partial charge in [0.05, 0.1) is 17.6 Å². The Labute approximate surface area is 184 Å². The predicted octanol–water partition coefficient (Wildman–Crippen LogP) is 3.58. The number of esters is 1. The van der Waals surface area contributed by atoms with Gasteiger partial charge in [-0.05, 0) is 55.7 Å². The average Bonchev–Trinajstić information content (AvgIpc) is 2.75. The molecule has 0 spiro atoms. The molecule has 2 aromatic rings. The molecule has 0 bridgehead atoms. The van der Waals surface area contributed by atoms with Crippen LogP contribution in [0.4, 0.5) is 5.69 Å². The molecule has 160 valence electrons. The lowest BCUT2D eigenvalue weighted by Crippen LogP contribution is -2.41. The summed E-state index contributed by atoms with van der Waals surface area (Å²) < 4.78 is 33.1. The molecule has 0 radical (unpaired) electrons. The van der Waals surface area contributed by atoms with Crippen LogP contribution in [0.1, 0.15) is 28.8 Å². The number of carbonyl (C=O) groups excluding carboxylic acids is 2. The number of hydrogen-bond donors (Lipinski definition) is 1. The maximum Gasteiger partial charge on any atom is 0.339 e. The van der Waals surface area contributed by atoms with E-state index in [1.807, 2.05) is 25.1 Å². The second kappa shape index (κ2) is 9.28. The number of methoxy groups -OCH3 is 1. The molecule has 0 aliphatic carbocycles. The topological polar surface area (TPSA) is 92.8 Å². The van der Waals surface area contributed by atoms with Gasteiger partial charge in [0.25, 0.3) is 0 Å². The molecule has 1 aliphatic heterocycles. The highest BCUT2D eigenvalue weighted by atomic mass is 79.9. The molecular formula is C21H23BrN2O5S. The highest BCUT2D eigenvalue weighted by molar-refractivity contribution is 9.10. The minimum absolute atomic E-state index is 0.00507. The van der Waals surface area contributed by atoms with E-state index in [2.05, 4.69) is 21.2 Å². The molecule has 0 atom stereocenters. The van der Waals surface area contributed by atoms with Crippen LogP contribution in [-0.2, 0) is 19.6 Å². The van der Waals surface area contributed by atoms with Gasteiger partial charge in [0.15, 0.2) is 0 Å². The zero-order valence-electron chi connectivity index (χ0n) is 16.7. The number of ether oxygens (including phenoxy) is 1. The standard InChI is InChI=1S/C21H23BrN2O5S/c1-14-13-16(7-8-18(14)22)23-20(25)15-9-11-24(12-10-15)30(27,28)19-6-4-3-5-17(19)21(26)29-2/h3-8,13,15H,9-12H2,1-2H3,(H,23,25). The molecule has 1 N–H and O–H groups in total. The van der Waals surface area contributed by atoms with Crippen LogP contribution in [0, 0.1) is 12.8 Å². The van der Waals surface area contributed by atoms with E-state index in [1.54, 1.807) is 12.1 Å². The van der Waals surface area contributed by atoms with Crippen molar-refractivity contribution in [2.24, 2.45) is 5.92 Å². The number of benzene rings is 2. The second-order valence-corrected chi connectivity index (χ2v) is 9.88. The van der Waals surface area contributed by atoms with Crippen LogP contribution >= 0.6 is 15.9 Å². The molecule has 1 fully saturated rings. The first-order valence-electron chi connectivity index (χ1n) is 9.48. The molecule has 1 heterocycles. The van der Waals surface area contributed by atoms with Gasteiger partial charge in [0.2, 0.25) is 15.9 Å². The number of sulfonamides is 1. The van der Waals surface area contributed by atoms with E-state index in [0.717, 1.165) is 10.0 Å². The zero-order valence-corrected chi connectivity index (χ0v) is 19.1. The monoisotopic (exact) mass is 494 g/mol. The first-order chi connectivity index (χ1) is 14.2. The predicted molar refractivity (Wildman–Crippen MR) is 117 cm³/mol. The van der Waals surface area contributed by atoms with Crippen LogP contribution in [-0.4, -0.2) is 44.8 Å². The molecule has 3 rings (SSSR count). The van der Waals surface area contributed by atoms with E-state index >= 15 is 0 Å². The van der Waals surface area contributed by atoms with Gasteiger partial charge < -0.3 is 10.1 Å². The van der Waals surface area contributed by atoms with Gasteiger partial charge in [-0.3, -0.25) is 4.79 Å². The lowest BCUT2D eigenvalue weighted by Gasteiger charge is -2.31. The number of halogens is 1. The molecule has 0 unspecified atom stereocenters. The number of anilines is 1. The molecule has 7 nitrogen and oxygen atoms in total. The van der Waals surface area contributed by atoms with Crippen LogP contribution in [0.25, 0.3) is 0 Å². The van der Waals surface area contributed by atoms with Crippen LogP contribution in [0.5, 0.6) is 0 Å². The quantitative estimate of drug-likeness (QED) is 0.641. The van der Waals surface area contributed by atoms with E-state index < -0.39 is 16.0 Å². The zero-order chi connectivity index (χ0) is 21.9. The van der Waals surface area contributed by atoms with Gasteiger partial charge in [-0.1, -0.05) is 28.1 Å². The molecule has 0 saturated carbocycles. The number of nitrogens with one attached hydrogen (secondary N) is 1. The Hall–Kier alpha value is -2.23. The van der Waals surface area contributed by atoms with Crippen molar-refractivity contribution in [3.8, 4) is 0 Å². The SMILES string of the molecule is COC(=O)c1ccccc1S(=O)(=O)N1CCC(C(=O)Nc2ccc(Br)c(C)c2)CC1. The van der Waals surface area contributed by atoms with E-state index in [0.29, 0.717) is 18.5 Å². The van der Waals surface area contributed by atoms with E-state index in [1.165, 1.54) is 23.5 Å². The molecular weight excluding hydrogens is 472 g/mol. The number of hydrogen-bond acceptors (Lipinski definition) is 5. The highest BCUT2D eigenvalue weighted by Gasteiger charge is 2.34. The Kier molecular flexibility index (Phi) is 6.95. The van der Waals surface area contributed by atoms with Crippen LogP contribution in [0.2, 0.25) is 0 Å². The molecule has 1 amide bonds. The summed E-state index contributed by atoms with van der Waals surface area (Å²) in [6, 6.07) is 11.6. The maximum absolute atomic E-state index is 13.1. The Balaban J connectivity index is 1.68. The molecule has 1 aliphatic rings. The Morgan fingerprint density at radius 3 is 2.43 bits per heavy atom. The maximum atomic E-state index is 13.1. The summed E-state index contributed by atoms with van der Waals surface area (Å²) in [6.07, 6.45) is 0.807. The molecule has 0 aromatic heterocycles. The molecule has 9 heteroatoms. The average molecular weight is 495 g/mol. The largest absolute Gasteiger partial charge is 0.465 e. The third kappa shape index (κ3) is 4.74. The van der Waals surface area contributed by atoms with Gasteiger partial charge in [0.1, 0.15) is 0 Å². The fourth-order valence-electron chi connectivity index (χ4n) is 3.43. The fraction of sp³-hybridized carbons (Fsp3) is 0.333. The summed E-state index contributed by atoms with van der Waals surface area (Å²) in [6.45, 7) is 2.35. The number of rotatable bonds is 5. The summed E-state index contributed by atoms with van der Waals surface area (Å²) in [7, 11) is -2.66. The Morgan fingerprint density at radius 1 is 1.13 bits per heavy atom. The van der Waals surface area contributed by atoms with E-state index in [4.69, 9.17) is 4.74 Å².